The molecule has 1 aromatic heterocycles. The Balaban J connectivity index is 3.13. The fraction of sp³-hybridized carbons (Fsp3) is 0.538. The molecule has 0 aliphatic heterocycles. The maximum Gasteiger partial charge on any atom is 0.305 e. The zero-order chi connectivity index (χ0) is 12.9. The summed E-state index contributed by atoms with van der Waals surface area (Å²) in [5.74, 6) is -0.789. The molecule has 4 nitrogen and oxygen atoms in total. The van der Waals surface area contributed by atoms with Crippen LogP contribution in [0.3, 0.4) is 0 Å². The molecule has 0 aromatic carbocycles. The van der Waals surface area contributed by atoms with E-state index in [1.165, 1.54) is 0 Å². The predicted molar refractivity (Wildman–Crippen MR) is 66.8 cm³/mol. The van der Waals surface area contributed by atoms with Crippen molar-refractivity contribution in [2.45, 2.75) is 32.7 Å². The first-order valence-electron chi connectivity index (χ1n) is 5.92. The van der Waals surface area contributed by atoms with Crippen LogP contribution in [0, 0.1) is 0 Å². The average molecular weight is 236 g/mol. The molecule has 17 heavy (non-hydrogen) atoms. The first-order valence-corrected chi connectivity index (χ1v) is 5.92. The van der Waals surface area contributed by atoms with Gasteiger partial charge in [-0.1, -0.05) is 19.9 Å². The van der Waals surface area contributed by atoms with Crippen LogP contribution in [-0.4, -0.2) is 34.0 Å². The highest BCUT2D eigenvalue weighted by atomic mass is 16.4. The molecule has 0 fully saturated rings. The Bertz CT molecular complexity index is 363. The molecule has 94 valence electrons. The van der Waals surface area contributed by atoms with Gasteiger partial charge in [0.1, 0.15) is 0 Å². The van der Waals surface area contributed by atoms with Gasteiger partial charge in [-0.2, -0.15) is 0 Å². The van der Waals surface area contributed by atoms with Gasteiger partial charge in [0.05, 0.1) is 12.0 Å². The Labute approximate surface area is 102 Å². The number of rotatable bonds is 6. The molecule has 0 aliphatic carbocycles. The number of pyridine rings is 1. The molecule has 4 heteroatoms. The van der Waals surface area contributed by atoms with E-state index < -0.39 is 11.5 Å². The first-order chi connectivity index (χ1) is 8.04. The van der Waals surface area contributed by atoms with Gasteiger partial charge in [0.2, 0.25) is 0 Å². The van der Waals surface area contributed by atoms with Crippen molar-refractivity contribution in [3.8, 4) is 0 Å². The maximum absolute atomic E-state index is 11.1. The van der Waals surface area contributed by atoms with Crippen LogP contribution < -0.4 is 0 Å². The summed E-state index contributed by atoms with van der Waals surface area (Å²) in [6.07, 6.45) is 3.54. The zero-order valence-electron chi connectivity index (χ0n) is 10.7. The minimum absolute atomic E-state index is 0.0837. The summed E-state index contributed by atoms with van der Waals surface area (Å²) in [6, 6.07) is 3.78. The maximum atomic E-state index is 11.1. The number of aliphatic carboxylic acids is 1. The van der Waals surface area contributed by atoms with Crippen LogP contribution in [0.2, 0.25) is 0 Å². The van der Waals surface area contributed by atoms with Crippen LogP contribution in [0.15, 0.2) is 24.5 Å². The monoisotopic (exact) mass is 236 g/mol. The molecular formula is C13H20N2O2. The van der Waals surface area contributed by atoms with Crippen molar-refractivity contribution >= 4 is 5.97 Å². The molecule has 0 radical (unpaired) electrons. The second-order valence-electron chi connectivity index (χ2n) is 4.26. The summed E-state index contributed by atoms with van der Waals surface area (Å²) in [4.78, 5) is 17.3. The summed E-state index contributed by atoms with van der Waals surface area (Å²) in [5, 5.41) is 9.10. The third kappa shape index (κ3) is 3.03. The van der Waals surface area contributed by atoms with Crippen molar-refractivity contribution in [1.29, 1.82) is 0 Å². The van der Waals surface area contributed by atoms with E-state index in [4.69, 9.17) is 5.11 Å². The molecule has 0 saturated carbocycles. The van der Waals surface area contributed by atoms with Crippen molar-refractivity contribution in [2.24, 2.45) is 0 Å². The lowest BCUT2D eigenvalue weighted by molar-refractivity contribution is -0.140. The fourth-order valence-corrected chi connectivity index (χ4v) is 2.29. The third-order valence-electron chi connectivity index (χ3n) is 3.24. The van der Waals surface area contributed by atoms with Gasteiger partial charge in [-0.25, -0.2) is 0 Å². The summed E-state index contributed by atoms with van der Waals surface area (Å²) in [7, 11) is 0. The molecule has 1 aromatic rings. The molecule has 1 unspecified atom stereocenters. The Hall–Kier alpha value is -1.42. The van der Waals surface area contributed by atoms with Gasteiger partial charge in [0.15, 0.2) is 0 Å². The summed E-state index contributed by atoms with van der Waals surface area (Å²) >= 11 is 0. The topological polar surface area (TPSA) is 53.4 Å². The van der Waals surface area contributed by atoms with Gasteiger partial charge in [-0.15, -0.1) is 0 Å². The Morgan fingerprint density at radius 3 is 2.53 bits per heavy atom. The lowest BCUT2D eigenvalue weighted by Crippen LogP contribution is -2.45. The second kappa shape index (κ2) is 5.77. The van der Waals surface area contributed by atoms with Gasteiger partial charge in [0, 0.05) is 12.4 Å². The van der Waals surface area contributed by atoms with E-state index in [-0.39, 0.29) is 6.42 Å². The number of nitrogens with zero attached hydrogens (tertiary/aromatic N) is 2. The van der Waals surface area contributed by atoms with Crippen molar-refractivity contribution in [1.82, 2.24) is 9.88 Å². The van der Waals surface area contributed by atoms with Crippen LogP contribution in [0.5, 0.6) is 0 Å². The molecule has 1 rings (SSSR count). The largest absolute Gasteiger partial charge is 0.481 e. The standard InChI is InChI=1S/C13H20N2O2/c1-4-15(5-2)13(3,9-12(16)17)11-7-6-8-14-10-11/h6-8,10H,4-5,9H2,1-3H3,(H,16,17). The van der Waals surface area contributed by atoms with Crippen molar-refractivity contribution in [3.05, 3.63) is 30.1 Å². The van der Waals surface area contributed by atoms with Gasteiger partial charge >= 0.3 is 5.97 Å². The van der Waals surface area contributed by atoms with Crippen LogP contribution in [0.4, 0.5) is 0 Å². The summed E-state index contributed by atoms with van der Waals surface area (Å²) < 4.78 is 0. The van der Waals surface area contributed by atoms with Crippen molar-refractivity contribution in [2.75, 3.05) is 13.1 Å². The number of hydrogen-bond donors (Lipinski definition) is 1. The van der Waals surface area contributed by atoms with Crippen LogP contribution in [0.1, 0.15) is 32.8 Å². The molecular weight excluding hydrogens is 216 g/mol. The van der Waals surface area contributed by atoms with Crippen LogP contribution >= 0.6 is 0 Å². The average Bonchev–Trinajstić information content (AvgIpc) is 2.30. The Kier molecular flexibility index (Phi) is 4.63. The minimum atomic E-state index is -0.789. The van der Waals surface area contributed by atoms with Crippen LogP contribution in [-0.2, 0) is 10.3 Å². The SMILES string of the molecule is CCN(CC)C(C)(CC(=O)O)c1cccnc1. The number of carboxylic acid groups (broad SMARTS) is 1. The van der Waals surface area contributed by atoms with Crippen molar-refractivity contribution in [3.63, 3.8) is 0 Å². The van der Waals surface area contributed by atoms with E-state index in [0.717, 1.165) is 18.7 Å². The summed E-state index contributed by atoms with van der Waals surface area (Å²) in [6.45, 7) is 7.68. The minimum Gasteiger partial charge on any atom is -0.481 e. The van der Waals surface area contributed by atoms with E-state index in [0.29, 0.717) is 0 Å². The smallest absolute Gasteiger partial charge is 0.305 e. The van der Waals surface area contributed by atoms with Crippen LogP contribution in [0.25, 0.3) is 0 Å². The zero-order valence-corrected chi connectivity index (χ0v) is 10.7. The fourth-order valence-electron chi connectivity index (χ4n) is 2.29. The molecule has 0 amide bonds. The Morgan fingerprint density at radius 2 is 2.12 bits per heavy atom. The van der Waals surface area contributed by atoms with E-state index in [2.05, 4.69) is 9.88 Å². The third-order valence-corrected chi connectivity index (χ3v) is 3.24. The number of hydrogen-bond acceptors (Lipinski definition) is 3. The lowest BCUT2D eigenvalue weighted by Gasteiger charge is -2.39. The summed E-state index contributed by atoms with van der Waals surface area (Å²) in [5.41, 5.74) is 0.454. The van der Waals surface area contributed by atoms with E-state index >= 15 is 0 Å². The molecule has 0 spiro atoms. The lowest BCUT2D eigenvalue weighted by atomic mass is 9.87. The second-order valence-corrected chi connectivity index (χ2v) is 4.26. The molecule has 1 atom stereocenters. The normalized spacial score (nSPS) is 14.6. The number of carbonyl (C=O) groups is 1. The number of aromatic nitrogens is 1. The Morgan fingerprint density at radius 1 is 1.47 bits per heavy atom. The van der Waals surface area contributed by atoms with Gasteiger partial charge in [-0.3, -0.25) is 14.7 Å². The van der Waals surface area contributed by atoms with E-state index in [9.17, 15) is 4.79 Å². The quantitative estimate of drug-likeness (QED) is 0.822. The van der Waals surface area contributed by atoms with E-state index in [1.54, 1.807) is 12.4 Å². The van der Waals surface area contributed by atoms with E-state index in [1.807, 2.05) is 32.9 Å². The molecule has 1 N–H and O–H groups in total. The molecule has 1 heterocycles. The van der Waals surface area contributed by atoms with Gasteiger partial charge in [-0.05, 0) is 31.6 Å². The predicted octanol–water partition coefficient (Wildman–Crippen LogP) is 2.11. The van der Waals surface area contributed by atoms with Crippen molar-refractivity contribution < 1.29 is 9.90 Å². The highest BCUT2D eigenvalue weighted by Gasteiger charge is 2.34. The number of carboxylic acids is 1. The molecule has 0 bridgehead atoms. The highest BCUT2D eigenvalue weighted by Crippen LogP contribution is 2.31. The molecule has 0 saturated heterocycles. The first kappa shape index (κ1) is 13.6. The van der Waals surface area contributed by atoms with Gasteiger partial charge < -0.3 is 5.11 Å². The van der Waals surface area contributed by atoms with Gasteiger partial charge in [0.25, 0.3) is 0 Å². The molecule has 0 aliphatic rings. The highest BCUT2D eigenvalue weighted by molar-refractivity contribution is 5.68.